The third-order valence-corrected chi connectivity index (χ3v) is 4.31. The van der Waals surface area contributed by atoms with Crippen LogP contribution in [0.15, 0.2) is 18.2 Å². The first-order chi connectivity index (χ1) is 10.3. The number of alkyl halides is 1. The van der Waals surface area contributed by atoms with Crippen molar-refractivity contribution < 1.29 is 14.3 Å². The Morgan fingerprint density at radius 3 is 2.62 bits per heavy atom. The highest BCUT2D eigenvalue weighted by atomic mass is 35.5. The summed E-state index contributed by atoms with van der Waals surface area (Å²) in [5.74, 6) is 1.87. The first kappa shape index (κ1) is 14.5. The van der Waals surface area contributed by atoms with Crippen molar-refractivity contribution in [2.45, 2.75) is 31.7 Å². The monoisotopic (exact) mass is 309 g/mol. The van der Waals surface area contributed by atoms with Crippen LogP contribution in [0.1, 0.15) is 36.0 Å². The molecule has 114 valence electrons. The first-order valence-electron chi connectivity index (χ1n) is 7.56. The summed E-state index contributed by atoms with van der Waals surface area (Å²) in [4.78, 5) is 14.7. The molecule has 0 unspecified atom stereocenters. The lowest BCUT2D eigenvalue weighted by Gasteiger charge is -2.29. The van der Waals surface area contributed by atoms with Crippen molar-refractivity contribution in [3.05, 3.63) is 23.8 Å². The molecule has 1 saturated carbocycles. The fraction of sp³-hybridized carbons (Fsp3) is 0.562. The van der Waals surface area contributed by atoms with Crippen LogP contribution in [0.4, 0.5) is 0 Å². The standard InChI is InChI=1S/C16H20ClNO3/c17-7-8-18(13-3-1-2-4-13)16(19)12-5-6-14-15(11-12)21-10-9-20-14/h5-6,11,13H,1-4,7-10H2. The van der Waals surface area contributed by atoms with Gasteiger partial charge in [-0.3, -0.25) is 4.79 Å². The minimum absolute atomic E-state index is 0.0412. The molecule has 21 heavy (non-hydrogen) atoms. The molecule has 0 atom stereocenters. The van der Waals surface area contributed by atoms with E-state index in [9.17, 15) is 4.79 Å². The molecule has 0 saturated heterocycles. The highest BCUT2D eigenvalue weighted by molar-refractivity contribution is 6.18. The fourth-order valence-electron chi connectivity index (χ4n) is 3.10. The maximum absolute atomic E-state index is 12.8. The Morgan fingerprint density at radius 1 is 1.19 bits per heavy atom. The van der Waals surface area contributed by atoms with E-state index in [4.69, 9.17) is 21.1 Å². The Hall–Kier alpha value is -1.42. The molecule has 1 amide bonds. The Labute approximate surface area is 130 Å². The van der Waals surface area contributed by atoms with E-state index in [-0.39, 0.29) is 5.91 Å². The normalized spacial score (nSPS) is 17.8. The molecule has 0 radical (unpaired) electrons. The molecule has 1 fully saturated rings. The number of rotatable bonds is 4. The van der Waals surface area contributed by atoms with Gasteiger partial charge in [0.1, 0.15) is 13.2 Å². The molecule has 1 heterocycles. The topological polar surface area (TPSA) is 38.8 Å². The second-order valence-electron chi connectivity index (χ2n) is 5.48. The van der Waals surface area contributed by atoms with Gasteiger partial charge in [0, 0.05) is 24.0 Å². The Kier molecular flexibility index (Phi) is 4.54. The van der Waals surface area contributed by atoms with Crippen LogP contribution in [0.2, 0.25) is 0 Å². The third kappa shape index (κ3) is 3.10. The van der Waals surface area contributed by atoms with E-state index in [1.165, 1.54) is 12.8 Å². The van der Waals surface area contributed by atoms with Crippen LogP contribution in [0.3, 0.4) is 0 Å². The zero-order chi connectivity index (χ0) is 14.7. The Morgan fingerprint density at radius 2 is 1.90 bits per heavy atom. The van der Waals surface area contributed by atoms with Gasteiger partial charge in [-0.25, -0.2) is 0 Å². The summed E-state index contributed by atoms with van der Waals surface area (Å²) >= 11 is 5.88. The summed E-state index contributed by atoms with van der Waals surface area (Å²) in [5, 5.41) is 0. The smallest absolute Gasteiger partial charge is 0.254 e. The number of amides is 1. The molecule has 0 spiro atoms. The molecule has 1 aromatic carbocycles. The van der Waals surface area contributed by atoms with Gasteiger partial charge in [-0.1, -0.05) is 12.8 Å². The van der Waals surface area contributed by atoms with Gasteiger partial charge >= 0.3 is 0 Å². The van der Waals surface area contributed by atoms with E-state index < -0.39 is 0 Å². The maximum Gasteiger partial charge on any atom is 0.254 e. The summed E-state index contributed by atoms with van der Waals surface area (Å²) < 4.78 is 11.1. The van der Waals surface area contributed by atoms with Crippen LogP contribution < -0.4 is 9.47 Å². The van der Waals surface area contributed by atoms with Crippen LogP contribution in [-0.4, -0.2) is 42.5 Å². The van der Waals surface area contributed by atoms with Crippen molar-refractivity contribution in [1.82, 2.24) is 4.90 Å². The summed E-state index contributed by atoms with van der Waals surface area (Å²) in [7, 11) is 0. The van der Waals surface area contributed by atoms with Crippen LogP contribution in [0.25, 0.3) is 0 Å². The van der Waals surface area contributed by atoms with Crippen LogP contribution in [-0.2, 0) is 0 Å². The van der Waals surface area contributed by atoms with Crippen molar-refractivity contribution in [2.24, 2.45) is 0 Å². The summed E-state index contributed by atoms with van der Waals surface area (Å²) in [5.41, 5.74) is 0.649. The number of carbonyl (C=O) groups excluding carboxylic acids is 1. The number of hydrogen-bond acceptors (Lipinski definition) is 3. The molecular formula is C16H20ClNO3. The van der Waals surface area contributed by atoms with Gasteiger partial charge in [-0.2, -0.15) is 0 Å². The second kappa shape index (κ2) is 6.56. The van der Waals surface area contributed by atoms with Gasteiger partial charge in [0.25, 0.3) is 5.91 Å². The van der Waals surface area contributed by atoms with Crippen molar-refractivity contribution >= 4 is 17.5 Å². The average molecular weight is 310 g/mol. The predicted molar refractivity (Wildman–Crippen MR) is 81.4 cm³/mol. The van der Waals surface area contributed by atoms with Crippen molar-refractivity contribution in [1.29, 1.82) is 0 Å². The number of benzene rings is 1. The lowest BCUT2D eigenvalue weighted by molar-refractivity contribution is 0.0694. The summed E-state index contributed by atoms with van der Waals surface area (Å²) in [6.45, 7) is 1.68. The van der Waals surface area contributed by atoms with Gasteiger partial charge in [0.05, 0.1) is 0 Å². The molecule has 0 bridgehead atoms. The van der Waals surface area contributed by atoms with Gasteiger partial charge in [0.15, 0.2) is 11.5 Å². The molecule has 0 aromatic heterocycles. The minimum atomic E-state index is 0.0412. The number of nitrogens with zero attached hydrogens (tertiary/aromatic N) is 1. The Bertz CT molecular complexity index is 514. The van der Waals surface area contributed by atoms with Gasteiger partial charge in [-0.15, -0.1) is 11.6 Å². The van der Waals surface area contributed by atoms with Gasteiger partial charge in [-0.05, 0) is 31.0 Å². The van der Waals surface area contributed by atoms with E-state index in [1.54, 1.807) is 6.07 Å². The molecule has 3 rings (SSSR count). The minimum Gasteiger partial charge on any atom is -0.486 e. The van der Waals surface area contributed by atoms with Crippen molar-refractivity contribution in [3.63, 3.8) is 0 Å². The van der Waals surface area contributed by atoms with E-state index in [0.717, 1.165) is 12.8 Å². The molecule has 0 N–H and O–H groups in total. The molecular weight excluding hydrogens is 290 g/mol. The lowest BCUT2D eigenvalue weighted by atomic mass is 10.1. The quantitative estimate of drug-likeness (QED) is 0.802. The zero-order valence-corrected chi connectivity index (χ0v) is 12.8. The zero-order valence-electron chi connectivity index (χ0n) is 12.0. The average Bonchev–Trinajstić information content (AvgIpc) is 3.05. The molecule has 4 nitrogen and oxygen atoms in total. The van der Waals surface area contributed by atoms with Crippen molar-refractivity contribution in [3.8, 4) is 11.5 Å². The molecule has 1 aromatic rings. The Balaban J connectivity index is 1.81. The van der Waals surface area contributed by atoms with E-state index in [2.05, 4.69) is 0 Å². The number of hydrogen-bond donors (Lipinski definition) is 0. The van der Waals surface area contributed by atoms with Crippen LogP contribution >= 0.6 is 11.6 Å². The molecule has 5 heteroatoms. The number of carbonyl (C=O) groups is 1. The number of ether oxygens (including phenoxy) is 2. The number of halogens is 1. The molecule has 1 aliphatic carbocycles. The van der Waals surface area contributed by atoms with E-state index in [1.807, 2.05) is 17.0 Å². The maximum atomic E-state index is 12.8. The molecule has 2 aliphatic rings. The molecule has 1 aliphatic heterocycles. The van der Waals surface area contributed by atoms with Gasteiger partial charge in [0.2, 0.25) is 0 Å². The van der Waals surface area contributed by atoms with Crippen molar-refractivity contribution in [2.75, 3.05) is 25.6 Å². The largest absolute Gasteiger partial charge is 0.486 e. The van der Waals surface area contributed by atoms with E-state index >= 15 is 0 Å². The third-order valence-electron chi connectivity index (χ3n) is 4.14. The van der Waals surface area contributed by atoms with Gasteiger partial charge < -0.3 is 14.4 Å². The number of fused-ring (bicyclic) bond motifs is 1. The lowest BCUT2D eigenvalue weighted by Crippen LogP contribution is -2.40. The summed E-state index contributed by atoms with van der Waals surface area (Å²) in [6.07, 6.45) is 4.54. The highest BCUT2D eigenvalue weighted by Crippen LogP contribution is 2.32. The van der Waals surface area contributed by atoms with E-state index in [0.29, 0.717) is 48.7 Å². The van der Waals surface area contributed by atoms with Crippen LogP contribution in [0, 0.1) is 0 Å². The fourth-order valence-corrected chi connectivity index (χ4v) is 3.28. The van der Waals surface area contributed by atoms with Crippen LogP contribution in [0.5, 0.6) is 11.5 Å². The summed E-state index contributed by atoms with van der Waals surface area (Å²) in [6, 6.07) is 5.73. The first-order valence-corrected chi connectivity index (χ1v) is 8.09. The predicted octanol–water partition coefficient (Wildman–Crippen LogP) is 3.08. The SMILES string of the molecule is O=C(c1ccc2c(c1)OCCO2)N(CCCl)C1CCCC1. The highest BCUT2D eigenvalue weighted by Gasteiger charge is 2.27. The second-order valence-corrected chi connectivity index (χ2v) is 5.86.